The molecule has 9 aliphatic rings. The van der Waals surface area contributed by atoms with Crippen LogP contribution in [0.4, 0.5) is 45.1 Å². The van der Waals surface area contributed by atoms with E-state index in [0.29, 0.717) is 171 Å². The molecule has 20 N–H and O–H groups in total. The van der Waals surface area contributed by atoms with Crippen LogP contribution in [-0.2, 0) is 4.79 Å². The summed E-state index contributed by atoms with van der Waals surface area (Å²) in [5.41, 5.74) is 60.3. The highest BCUT2D eigenvalue weighted by atomic mass is 35.5. The van der Waals surface area contributed by atoms with Crippen molar-refractivity contribution >= 4 is 149 Å². The number of aromatic amines is 6. The number of nitrogens with zero attached hydrogens (tertiary/aromatic N) is 23. The van der Waals surface area contributed by atoms with Crippen molar-refractivity contribution in [3.63, 3.8) is 0 Å². The van der Waals surface area contributed by atoms with Gasteiger partial charge >= 0.3 is 0 Å². The summed E-state index contributed by atoms with van der Waals surface area (Å²) < 4.78 is 14.6. The fourth-order valence-corrected chi connectivity index (χ4v) is 24.8. The van der Waals surface area contributed by atoms with Crippen LogP contribution < -0.4 is 59.7 Å². The molecule has 15 aromatic rings. The number of nitrogens with one attached hydrogen (secondary N) is 6. The van der Waals surface area contributed by atoms with Gasteiger partial charge in [0.25, 0.3) is 0 Å². The lowest BCUT2D eigenvalue weighted by molar-refractivity contribution is -0.122. The molecule has 4 saturated heterocycles. The van der Waals surface area contributed by atoms with E-state index >= 15 is 0 Å². The fourth-order valence-electron chi connectivity index (χ4n) is 24.0. The number of alkyl halides is 1. The topological polar surface area (TPSA) is 552 Å². The molecule has 0 bridgehead atoms. The third kappa shape index (κ3) is 18.4. The molecular weight excluding hydrogens is 1870 g/mol. The number of carbonyl (C=O) groups excluding carboxylic acids is 1. The molecule has 0 amide bonds. The Morgan fingerprint density at radius 1 is 0.447 bits per heavy atom. The average molecular weight is 1990 g/mol. The minimum absolute atomic E-state index is 0.0223. The van der Waals surface area contributed by atoms with Gasteiger partial charge in [0.1, 0.15) is 79.8 Å². The van der Waals surface area contributed by atoms with E-state index in [4.69, 9.17) is 116 Å². The Morgan fingerprint density at radius 3 is 1.33 bits per heavy atom. The van der Waals surface area contributed by atoms with E-state index in [1.54, 1.807) is 63.0 Å². The van der Waals surface area contributed by atoms with E-state index < -0.39 is 17.2 Å². The Morgan fingerprint density at radius 2 is 0.887 bits per heavy atom. The van der Waals surface area contributed by atoms with E-state index in [9.17, 15) is 9.18 Å². The number of aromatic nitrogens is 25. The van der Waals surface area contributed by atoms with Crippen molar-refractivity contribution in [3.05, 3.63) is 129 Å². The number of piperidine rings is 4. The van der Waals surface area contributed by atoms with Crippen LogP contribution in [-0.4, -0.2) is 213 Å². The van der Waals surface area contributed by atoms with Crippen molar-refractivity contribution in [2.24, 2.45) is 56.4 Å². The number of ketones is 1. The lowest BCUT2D eigenvalue weighted by Crippen LogP contribution is -2.55. The summed E-state index contributed by atoms with van der Waals surface area (Å²) in [5.74, 6) is 6.33. The van der Waals surface area contributed by atoms with Gasteiger partial charge in [0.05, 0.1) is 90.3 Å². The fraction of sp³-hybridized carbons (Fsp3) is 0.495. The van der Waals surface area contributed by atoms with E-state index in [1.807, 2.05) is 57.6 Å². The van der Waals surface area contributed by atoms with Crippen LogP contribution in [0.15, 0.2) is 86.0 Å². The quantitative estimate of drug-likeness (QED) is 0.0572. The molecule has 141 heavy (non-hydrogen) atoms. The van der Waals surface area contributed by atoms with Gasteiger partial charge in [0.2, 0.25) is 28.2 Å². The molecule has 0 radical (unpaired) electrons. The number of carbonyl (C=O) groups is 1. The molecule has 1 unspecified atom stereocenters. The minimum Gasteiger partial charge on any atom is -0.384 e. The second kappa shape index (κ2) is 38.6. The first-order valence-corrected chi connectivity index (χ1v) is 50.6. The van der Waals surface area contributed by atoms with Crippen LogP contribution in [0.5, 0.6) is 0 Å². The number of nitrogen functional groups attached to an aromatic ring is 3. The summed E-state index contributed by atoms with van der Waals surface area (Å²) in [6, 6.07) is 11.1. The van der Waals surface area contributed by atoms with Crippen LogP contribution in [0, 0.1) is 54.3 Å². The molecule has 6 atom stereocenters. The molecule has 5 aliphatic carbocycles. The summed E-state index contributed by atoms with van der Waals surface area (Å²) in [6.45, 7) is 20.8. The van der Waals surface area contributed by atoms with Crippen molar-refractivity contribution in [2.45, 2.75) is 225 Å². The number of fused-ring (bicyclic) bond motifs is 5. The molecule has 4 aliphatic heterocycles. The molecular formula is C99H121Cl4FN36O. The monoisotopic (exact) mass is 1990 g/mol. The highest BCUT2D eigenvalue weighted by molar-refractivity contribution is 6.44. The number of halogens is 5. The molecule has 4 spiro atoms. The number of aryl methyl sites for hydroxylation is 3. The molecule has 37 nitrogen and oxygen atoms in total. The predicted molar refractivity (Wildman–Crippen MR) is 551 cm³/mol. The predicted octanol–water partition coefficient (Wildman–Crippen LogP) is 16.5. The number of hydrogen-bond donors (Lipinski definition) is 13. The first-order chi connectivity index (χ1) is 67.8. The van der Waals surface area contributed by atoms with Gasteiger partial charge < -0.3 is 59.7 Å². The molecule has 1 aromatic carbocycles. The number of Topliss-reactive ketones (excluding diaryl/α,β-unsaturated/α-hetero) is 1. The molecule has 5 saturated carbocycles. The summed E-state index contributed by atoms with van der Waals surface area (Å²) >= 11 is 25.1. The van der Waals surface area contributed by atoms with E-state index in [0.717, 1.165) is 182 Å². The van der Waals surface area contributed by atoms with Crippen molar-refractivity contribution in [2.75, 3.05) is 89.2 Å². The van der Waals surface area contributed by atoms with Gasteiger partial charge in [-0.25, -0.2) is 69.2 Å². The van der Waals surface area contributed by atoms with Crippen LogP contribution in [0.25, 0.3) is 112 Å². The number of anilines is 7. The Balaban J connectivity index is 0.000000108. The van der Waals surface area contributed by atoms with Gasteiger partial charge in [-0.2, -0.15) is 30.6 Å². The maximum atomic E-state index is 14.6. The van der Waals surface area contributed by atoms with E-state index in [1.165, 1.54) is 70.6 Å². The number of benzene rings is 1. The Kier molecular flexibility index (Phi) is 26.4. The summed E-state index contributed by atoms with van der Waals surface area (Å²) in [6.07, 6.45) is 38.1. The van der Waals surface area contributed by atoms with Gasteiger partial charge in [-0.1, -0.05) is 91.6 Å². The van der Waals surface area contributed by atoms with Crippen LogP contribution >= 0.6 is 46.4 Å². The first kappa shape index (κ1) is 96.3. The van der Waals surface area contributed by atoms with Crippen LogP contribution in [0.2, 0.25) is 20.1 Å². The van der Waals surface area contributed by atoms with Gasteiger partial charge in [0, 0.05) is 135 Å². The van der Waals surface area contributed by atoms with E-state index in [-0.39, 0.29) is 22.8 Å². The average Bonchev–Trinajstić information content (AvgIpc) is 1.61. The Hall–Kier alpha value is -12.2. The van der Waals surface area contributed by atoms with Crippen molar-refractivity contribution in [1.82, 2.24) is 126 Å². The number of pyridine rings is 3. The summed E-state index contributed by atoms with van der Waals surface area (Å²) in [7, 11) is 0. The molecule has 42 heteroatoms. The highest BCUT2D eigenvalue weighted by Crippen LogP contribution is 2.56. The van der Waals surface area contributed by atoms with E-state index in [2.05, 4.69) is 130 Å². The summed E-state index contributed by atoms with van der Waals surface area (Å²) in [4.78, 5) is 79.6. The SMILES string of the molecule is CC(=O)C1(N)CCN(c2cnc3c(-c4ccnc(N)c4Cl)[nH]nc3n2)CC1.CC1(F)CCC2(CCN(c3cnc4c(-c5cccc(Cl)c5Cl)[nH]nc4n3)CC2)[C@H]1N.C[C@@H]1C[C@@H](N)C2(CCN(c3cnc4c(-c5ccnc(N)c5Cl)[nH]nc4n3)CC2)C1.Cc1cnc(N)cc1-c1[nH]nc2nc(C3CCC4(CCC[C@H]4N)CC3)cnc12.Cc1n[nH]c(C)c1-c1[nH]nc2nc(N3CCC4(CCC[C@H]4C)CC3)cnc12. The zero-order chi connectivity index (χ0) is 98.3. The number of nitrogens with two attached hydrogens (primary N) is 7. The van der Waals surface area contributed by atoms with Gasteiger partial charge in [-0.3, -0.25) is 35.4 Å². The maximum Gasteiger partial charge on any atom is 0.202 e. The lowest BCUT2D eigenvalue weighted by atomic mass is 9.67. The van der Waals surface area contributed by atoms with Gasteiger partial charge in [-0.15, -0.1) is 0 Å². The molecule has 24 rings (SSSR count). The zero-order valence-electron chi connectivity index (χ0n) is 80.4. The Labute approximate surface area is 834 Å². The van der Waals surface area contributed by atoms with Crippen molar-refractivity contribution < 1.29 is 9.18 Å². The number of rotatable bonds is 11. The van der Waals surface area contributed by atoms with Crippen molar-refractivity contribution in [1.29, 1.82) is 0 Å². The number of hydrogen-bond acceptors (Lipinski definition) is 31. The minimum atomic E-state index is -1.27. The van der Waals surface area contributed by atoms with Gasteiger partial charge in [-0.05, 0) is 220 Å². The third-order valence-corrected chi connectivity index (χ3v) is 34.5. The van der Waals surface area contributed by atoms with Crippen LogP contribution in [0.1, 0.15) is 198 Å². The standard InChI is InChI=1S/C21H23Cl2FN6.C21H27N7.C20H25ClN8.C20H27N7.C17H19ClN8O/c1-20(24)5-6-21(19(20)25)7-9-30(10-8-21)14-11-26-17-16(28-29-18(17)27-14)12-3-2-4-13(22)15(12)23;1-12-10-24-17(23)9-14(12)18-19-20(28-27-18)26-15(11-25-19)13-4-7-21(8-5-13)6-2-3-16(21)22;1-11-8-13(22)20(9-11)3-6-29(7-4-20)14-10-25-17-16(27-28-19(17)26-14)12-2-5-24-18(23)15(12)21;1-12-5-4-6-20(12)7-9-27(10-8-20)15-11-21-18-17(25-26-19(18)22-15)16-13(2)23-24-14(16)3;1-9(27)17(20)3-6-26(7-4-17)11-8-22-14-13(24-25-16(14)23-11)10-2-5-21-15(19)12(10)18/h2-4,11,19H,5-10,25H2,1H3,(H,27,28,29);9-11,13,16H,2-8,22H2,1H3,(H2,23,24)(H,26,27,28);2,5,10-11,13H,3-4,6-9,22H2,1H3,(H2,23,24)(H,26,27,28);11-12H,4-10H2,1-3H3,(H,23,24)(H,22,25,26);2,5,8H,3-4,6-7,20H2,1H3,(H2,19,21)(H,23,24,25)/t19-,20?;13?,16-,21?;11-,13-;12-;/m0111./s1. The summed E-state index contributed by atoms with van der Waals surface area (Å²) in [5, 5.41) is 45.9. The normalized spacial score (nSPS) is 23.4. The number of H-pyrrole nitrogens is 6. The third-order valence-electron chi connectivity index (χ3n) is 32.9. The second-order valence-corrected chi connectivity index (χ2v) is 42.6. The first-order valence-electron chi connectivity index (χ1n) is 49.1. The molecule has 14 aromatic heterocycles. The van der Waals surface area contributed by atoms with Crippen LogP contribution in [0.3, 0.4) is 0 Å². The zero-order valence-corrected chi connectivity index (χ0v) is 83.4. The molecule has 18 heterocycles. The smallest absolute Gasteiger partial charge is 0.202 e. The largest absolute Gasteiger partial charge is 0.384 e. The second-order valence-electron chi connectivity index (χ2n) is 41.1. The van der Waals surface area contributed by atoms with Gasteiger partial charge in [0.15, 0.2) is 0 Å². The van der Waals surface area contributed by atoms with Crippen molar-refractivity contribution in [3.8, 4) is 56.3 Å². The highest BCUT2D eigenvalue weighted by Gasteiger charge is 2.55. The molecule has 9 fully saturated rings. The Bertz CT molecular complexity index is 7110. The molecule has 738 valence electrons. The lowest BCUT2D eigenvalue weighted by Gasteiger charge is -2.43. The maximum absolute atomic E-state index is 14.6.